The van der Waals surface area contributed by atoms with Gasteiger partial charge in [0.05, 0.1) is 0 Å². The minimum absolute atomic E-state index is 0.863. The summed E-state index contributed by atoms with van der Waals surface area (Å²) in [6.07, 6.45) is 1.58. The predicted molar refractivity (Wildman–Crippen MR) is 79.4 cm³/mol. The zero-order valence-electron chi connectivity index (χ0n) is 11.8. The second kappa shape index (κ2) is 5.62. The van der Waals surface area contributed by atoms with Crippen molar-refractivity contribution in [3.05, 3.63) is 48.2 Å². The summed E-state index contributed by atoms with van der Waals surface area (Å²) in [5, 5.41) is 10.2. The largest absolute Gasteiger partial charge is 0.381 e. The molecule has 0 aromatic heterocycles. The Bertz CT molecular complexity index is 464. The lowest BCUT2D eigenvalue weighted by atomic mass is 9.96. The van der Waals surface area contributed by atoms with E-state index in [9.17, 15) is 5.11 Å². The summed E-state index contributed by atoms with van der Waals surface area (Å²) in [7, 11) is 2.15. The molecule has 0 spiro atoms. The van der Waals surface area contributed by atoms with Crippen LogP contribution in [-0.2, 0) is 5.60 Å². The van der Waals surface area contributed by atoms with Crippen LogP contribution in [0.4, 0.5) is 5.69 Å². The first-order chi connectivity index (χ1) is 9.03. The van der Waals surface area contributed by atoms with Crippen molar-refractivity contribution in [3.8, 4) is 0 Å². The van der Waals surface area contributed by atoms with E-state index in [-0.39, 0.29) is 0 Å². The number of benzene rings is 1. The molecule has 102 valence electrons. The fourth-order valence-electron chi connectivity index (χ4n) is 2.36. The number of hydrogen-bond donors (Lipinski definition) is 1. The highest BCUT2D eigenvalue weighted by Gasteiger charge is 2.20. The van der Waals surface area contributed by atoms with Gasteiger partial charge in [0.15, 0.2) is 0 Å². The SMILES string of the molecule is C=C=CC(C)(O)c1ccc(N2CCN(C)CC2)cc1. The highest BCUT2D eigenvalue weighted by molar-refractivity contribution is 5.49. The number of anilines is 1. The molecule has 1 N–H and O–H groups in total. The molecule has 19 heavy (non-hydrogen) atoms. The lowest BCUT2D eigenvalue weighted by Gasteiger charge is -2.34. The zero-order valence-corrected chi connectivity index (χ0v) is 11.8. The second-order valence-electron chi connectivity index (χ2n) is 5.33. The fourth-order valence-corrected chi connectivity index (χ4v) is 2.36. The van der Waals surface area contributed by atoms with Gasteiger partial charge in [-0.2, -0.15) is 0 Å². The lowest BCUT2D eigenvalue weighted by Crippen LogP contribution is -2.44. The van der Waals surface area contributed by atoms with Crippen LogP contribution in [0.25, 0.3) is 0 Å². The molecule has 0 radical (unpaired) electrons. The van der Waals surface area contributed by atoms with Gasteiger partial charge in [-0.3, -0.25) is 0 Å². The number of rotatable bonds is 3. The van der Waals surface area contributed by atoms with Crippen LogP contribution in [0.3, 0.4) is 0 Å². The third-order valence-corrected chi connectivity index (χ3v) is 3.70. The lowest BCUT2D eigenvalue weighted by molar-refractivity contribution is 0.111. The number of aliphatic hydroxyl groups is 1. The van der Waals surface area contributed by atoms with Gasteiger partial charge in [-0.15, -0.1) is 5.73 Å². The molecule has 3 heteroatoms. The van der Waals surface area contributed by atoms with Crippen molar-refractivity contribution < 1.29 is 5.11 Å². The molecular weight excluding hydrogens is 236 g/mol. The van der Waals surface area contributed by atoms with Crippen LogP contribution in [0.15, 0.2) is 42.7 Å². The highest BCUT2D eigenvalue weighted by Crippen LogP contribution is 2.25. The molecule has 1 aromatic rings. The molecular formula is C16H22N2O. The summed E-state index contributed by atoms with van der Waals surface area (Å²) in [6, 6.07) is 8.10. The van der Waals surface area contributed by atoms with E-state index in [0.717, 1.165) is 31.7 Å². The minimum atomic E-state index is -0.998. The van der Waals surface area contributed by atoms with Crippen LogP contribution in [0.2, 0.25) is 0 Å². The maximum atomic E-state index is 10.2. The Hall–Kier alpha value is -1.54. The first kappa shape index (κ1) is 13.9. The molecule has 1 aromatic carbocycles. The van der Waals surface area contributed by atoms with Crippen molar-refractivity contribution in [2.75, 3.05) is 38.1 Å². The van der Waals surface area contributed by atoms with E-state index in [4.69, 9.17) is 0 Å². The van der Waals surface area contributed by atoms with Gasteiger partial charge in [-0.05, 0) is 37.7 Å². The molecule has 1 aliphatic rings. The van der Waals surface area contributed by atoms with Gasteiger partial charge in [-0.25, -0.2) is 0 Å². The summed E-state index contributed by atoms with van der Waals surface area (Å²) in [5.74, 6) is 0. The van der Waals surface area contributed by atoms with Gasteiger partial charge in [0.25, 0.3) is 0 Å². The van der Waals surface area contributed by atoms with E-state index in [1.165, 1.54) is 5.69 Å². The van der Waals surface area contributed by atoms with Crippen LogP contribution in [0.5, 0.6) is 0 Å². The fraction of sp³-hybridized carbons (Fsp3) is 0.438. The summed E-state index contributed by atoms with van der Waals surface area (Å²) in [4.78, 5) is 4.71. The Labute approximate surface area is 115 Å². The van der Waals surface area contributed by atoms with Crippen molar-refractivity contribution in [1.82, 2.24) is 4.90 Å². The molecule has 2 rings (SSSR count). The topological polar surface area (TPSA) is 26.7 Å². The van der Waals surface area contributed by atoms with Crippen LogP contribution in [0.1, 0.15) is 12.5 Å². The Morgan fingerprint density at radius 3 is 2.32 bits per heavy atom. The molecule has 3 nitrogen and oxygen atoms in total. The number of hydrogen-bond acceptors (Lipinski definition) is 3. The standard InChI is InChI=1S/C16H22N2O/c1-4-9-16(2,19)14-5-7-15(8-6-14)18-12-10-17(3)11-13-18/h5-9,19H,1,10-13H2,2-3H3. The van der Waals surface area contributed by atoms with Crippen molar-refractivity contribution in [2.24, 2.45) is 0 Å². The zero-order chi connectivity index (χ0) is 13.9. The van der Waals surface area contributed by atoms with Gasteiger partial charge in [-0.1, -0.05) is 18.7 Å². The molecule has 1 saturated heterocycles. The minimum Gasteiger partial charge on any atom is -0.381 e. The Balaban J connectivity index is 2.12. The van der Waals surface area contributed by atoms with Gasteiger partial charge in [0, 0.05) is 31.9 Å². The third-order valence-electron chi connectivity index (χ3n) is 3.70. The third kappa shape index (κ3) is 3.27. The predicted octanol–water partition coefficient (Wildman–Crippen LogP) is 1.99. The van der Waals surface area contributed by atoms with Crippen molar-refractivity contribution in [3.63, 3.8) is 0 Å². The Morgan fingerprint density at radius 2 is 1.79 bits per heavy atom. The quantitative estimate of drug-likeness (QED) is 0.840. The molecule has 0 amide bonds. The van der Waals surface area contributed by atoms with Crippen molar-refractivity contribution >= 4 is 5.69 Å². The van der Waals surface area contributed by atoms with Crippen LogP contribution < -0.4 is 4.90 Å². The Kier molecular flexibility index (Phi) is 4.11. The van der Waals surface area contributed by atoms with Gasteiger partial charge in [0.2, 0.25) is 0 Å². The molecule has 1 atom stereocenters. The van der Waals surface area contributed by atoms with E-state index in [0.29, 0.717) is 0 Å². The van der Waals surface area contributed by atoms with Crippen molar-refractivity contribution in [1.29, 1.82) is 0 Å². The normalized spacial score (nSPS) is 19.6. The Morgan fingerprint density at radius 1 is 1.21 bits per heavy atom. The van der Waals surface area contributed by atoms with Crippen LogP contribution in [-0.4, -0.2) is 43.2 Å². The summed E-state index contributed by atoms with van der Waals surface area (Å²) in [6.45, 7) is 9.56. The molecule has 1 heterocycles. The summed E-state index contributed by atoms with van der Waals surface area (Å²) < 4.78 is 0. The average Bonchev–Trinajstić information content (AvgIpc) is 2.40. The smallest absolute Gasteiger partial charge is 0.112 e. The first-order valence-corrected chi connectivity index (χ1v) is 6.66. The van der Waals surface area contributed by atoms with Crippen LogP contribution >= 0.6 is 0 Å². The number of nitrogens with zero attached hydrogens (tertiary/aromatic N) is 2. The van der Waals surface area contributed by atoms with Crippen molar-refractivity contribution in [2.45, 2.75) is 12.5 Å². The van der Waals surface area contributed by atoms with Gasteiger partial charge < -0.3 is 14.9 Å². The second-order valence-corrected chi connectivity index (χ2v) is 5.33. The number of piperazine rings is 1. The monoisotopic (exact) mass is 258 g/mol. The van der Waals surface area contributed by atoms with Gasteiger partial charge >= 0.3 is 0 Å². The van der Waals surface area contributed by atoms with Gasteiger partial charge in [0.1, 0.15) is 5.60 Å². The van der Waals surface area contributed by atoms with E-state index in [2.05, 4.69) is 41.3 Å². The van der Waals surface area contributed by atoms with E-state index in [1.54, 1.807) is 13.0 Å². The molecule has 0 aliphatic carbocycles. The average molecular weight is 258 g/mol. The summed E-state index contributed by atoms with van der Waals surface area (Å²) >= 11 is 0. The molecule has 0 bridgehead atoms. The molecule has 1 fully saturated rings. The first-order valence-electron chi connectivity index (χ1n) is 6.66. The maximum absolute atomic E-state index is 10.2. The van der Waals surface area contributed by atoms with E-state index >= 15 is 0 Å². The number of likely N-dealkylation sites (N-methyl/N-ethyl adjacent to an activating group) is 1. The van der Waals surface area contributed by atoms with E-state index in [1.807, 2.05) is 12.1 Å². The molecule has 1 unspecified atom stereocenters. The highest BCUT2D eigenvalue weighted by atomic mass is 16.3. The summed E-state index contributed by atoms with van der Waals surface area (Å²) in [5.41, 5.74) is 3.73. The van der Waals surface area contributed by atoms with Crippen LogP contribution in [0, 0.1) is 0 Å². The maximum Gasteiger partial charge on any atom is 0.112 e. The molecule has 1 aliphatic heterocycles. The molecule has 0 saturated carbocycles. The van der Waals surface area contributed by atoms with E-state index < -0.39 is 5.60 Å².